The predicted molar refractivity (Wildman–Crippen MR) is 49.3 cm³/mol. The van der Waals surface area contributed by atoms with Crippen LogP contribution in [0.3, 0.4) is 0 Å². The molecular formula is C10H18O3. The van der Waals surface area contributed by atoms with Crippen molar-refractivity contribution in [3.8, 4) is 0 Å². The fourth-order valence-corrected chi connectivity index (χ4v) is 2.25. The molecule has 0 aromatic carbocycles. The van der Waals surface area contributed by atoms with Crippen molar-refractivity contribution in [2.45, 2.75) is 39.2 Å². The van der Waals surface area contributed by atoms with Crippen LogP contribution in [0.1, 0.15) is 33.1 Å². The second-order valence-electron chi connectivity index (χ2n) is 4.32. The van der Waals surface area contributed by atoms with Crippen LogP contribution in [0.4, 0.5) is 0 Å². The van der Waals surface area contributed by atoms with Crippen LogP contribution in [0.15, 0.2) is 0 Å². The van der Waals surface area contributed by atoms with Gasteiger partial charge in [0.15, 0.2) is 0 Å². The maximum atomic E-state index is 10.9. The van der Waals surface area contributed by atoms with E-state index in [2.05, 4.69) is 13.8 Å². The second-order valence-corrected chi connectivity index (χ2v) is 4.32. The van der Waals surface area contributed by atoms with Gasteiger partial charge in [-0.25, -0.2) is 0 Å². The Morgan fingerprint density at radius 1 is 1.38 bits per heavy atom. The SMILES string of the molecule is CC(C)C1CCC(O)CC1C(=O)O. The summed E-state index contributed by atoms with van der Waals surface area (Å²) < 4.78 is 0. The molecule has 76 valence electrons. The summed E-state index contributed by atoms with van der Waals surface area (Å²) in [6.07, 6.45) is 1.62. The molecule has 1 fully saturated rings. The van der Waals surface area contributed by atoms with E-state index in [4.69, 9.17) is 5.11 Å². The Hall–Kier alpha value is -0.570. The van der Waals surface area contributed by atoms with Gasteiger partial charge in [0.2, 0.25) is 0 Å². The van der Waals surface area contributed by atoms with Gasteiger partial charge in [0.05, 0.1) is 12.0 Å². The molecule has 0 bridgehead atoms. The van der Waals surface area contributed by atoms with Gasteiger partial charge in [-0.15, -0.1) is 0 Å². The summed E-state index contributed by atoms with van der Waals surface area (Å²) in [7, 11) is 0. The van der Waals surface area contributed by atoms with Crippen LogP contribution >= 0.6 is 0 Å². The Morgan fingerprint density at radius 2 is 2.00 bits per heavy atom. The van der Waals surface area contributed by atoms with E-state index in [1.807, 2.05) is 0 Å². The van der Waals surface area contributed by atoms with Gasteiger partial charge in [-0.1, -0.05) is 13.8 Å². The minimum Gasteiger partial charge on any atom is -0.481 e. The maximum Gasteiger partial charge on any atom is 0.306 e. The van der Waals surface area contributed by atoms with E-state index < -0.39 is 12.1 Å². The minimum atomic E-state index is -0.752. The van der Waals surface area contributed by atoms with Crippen molar-refractivity contribution in [2.24, 2.45) is 17.8 Å². The first-order valence-electron chi connectivity index (χ1n) is 4.93. The summed E-state index contributed by atoms with van der Waals surface area (Å²) in [5.74, 6) is -0.462. The smallest absolute Gasteiger partial charge is 0.306 e. The van der Waals surface area contributed by atoms with Gasteiger partial charge in [-0.05, 0) is 31.1 Å². The molecule has 1 aliphatic rings. The van der Waals surface area contributed by atoms with Crippen LogP contribution in [-0.4, -0.2) is 22.3 Å². The normalized spacial score (nSPS) is 34.9. The number of hydrogen-bond donors (Lipinski definition) is 2. The Balaban J connectivity index is 2.66. The monoisotopic (exact) mass is 186 g/mol. The second kappa shape index (κ2) is 4.09. The first-order chi connectivity index (χ1) is 6.02. The molecule has 3 atom stereocenters. The standard InChI is InChI=1S/C10H18O3/c1-6(2)8-4-3-7(11)5-9(8)10(12)13/h6-9,11H,3-5H2,1-2H3,(H,12,13). The lowest BCUT2D eigenvalue weighted by atomic mass is 9.72. The first-order valence-corrected chi connectivity index (χ1v) is 4.93. The molecule has 0 aromatic rings. The van der Waals surface area contributed by atoms with Crippen LogP contribution in [0.5, 0.6) is 0 Å². The van der Waals surface area contributed by atoms with E-state index in [-0.39, 0.29) is 11.8 Å². The molecule has 3 nitrogen and oxygen atoms in total. The van der Waals surface area contributed by atoms with Crippen LogP contribution in [0, 0.1) is 17.8 Å². The zero-order chi connectivity index (χ0) is 10.0. The van der Waals surface area contributed by atoms with Crippen molar-refractivity contribution in [3.63, 3.8) is 0 Å². The van der Waals surface area contributed by atoms with Gasteiger partial charge < -0.3 is 10.2 Å². The maximum absolute atomic E-state index is 10.9. The molecule has 1 aliphatic carbocycles. The number of rotatable bonds is 2. The molecule has 3 heteroatoms. The van der Waals surface area contributed by atoms with E-state index in [9.17, 15) is 9.90 Å². The van der Waals surface area contributed by atoms with Crippen LogP contribution in [-0.2, 0) is 4.79 Å². The van der Waals surface area contributed by atoms with Crippen molar-refractivity contribution < 1.29 is 15.0 Å². The highest BCUT2D eigenvalue weighted by Crippen LogP contribution is 2.35. The van der Waals surface area contributed by atoms with Crippen molar-refractivity contribution in [1.82, 2.24) is 0 Å². The lowest BCUT2D eigenvalue weighted by Crippen LogP contribution is -2.35. The number of aliphatic hydroxyl groups excluding tert-OH is 1. The zero-order valence-corrected chi connectivity index (χ0v) is 8.23. The quantitative estimate of drug-likeness (QED) is 0.687. The molecule has 0 aromatic heterocycles. The average molecular weight is 186 g/mol. The van der Waals surface area contributed by atoms with Gasteiger partial charge in [-0.2, -0.15) is 0 Å². The molecule has 0 aliphatic heterocycles. The lowest BCUT2D eigenvalue weighted by Gasteiger charge is -2.33. The largest absolute Gasteiger partial charge is 0.481 e. The number of aliphatic hydroxyl groups is 1. The number of carbonyl (C=O) groups is 1. The van der Waals surface area contributed by atoms with Crippen molar-refractivity contribution >= 4 is 5.97 Å². The van der Waals surface area contributed by atoms with Crippen LogP contribution in [0.2, 0.25) is 0 Å². The molecule has 0 amide bonds. The lowest BCUT2D eigenvalue weighted by molar-refractivity contribution is -0.147. The predicted octanol–water partition coefficient (Wildman–Crippen LogP) is 1.50. The highest BCUT2D eigenvalue weighted by atomic mass is 16.4. The summed E-state index contributed by atoms with van der Waals surface area (Å²) in [4.78, 5) is 10.9. The Bertz CT molecular complexity index is 189. The fourth-order valence-electron chi connectivity index (χ4n) is 2.25. The third kappa shape index (κ3) is 2.44. The molecule has 0 spiro atoms. The molecule has 0 heterocycles. The third-order valence-electron chi connectivity index (χ3n) is 3.05. The number of carboxylic acids is 1. The molecule has 0 saturated heterocycles. The third-order valence-corrected chi connectivity index (χ3v) is 3.05. The minimum absolute atomic E-state index is 0.237. The van der Waals surface area contributed by atoms with E-state index >= 15 is 0 Å². The van der Waals surface area contributed by atoms with Gasteiger partial charge in [0.25, 0.3) is 0 Å². The van der Waals surface area contributed by atoms with Crippen LogP contribution < -0.4 is 0 Å². The molecule has 1 rings (SSSR count). The Morgan fingerprint density at radius 3 is 2.46 bits per heavy atom. The van der Waals surface area contributed by atoms with Crippen molar-refractivity contribution in [1.29, 1.82) is 0 Å². The number of aliphatic carboxylic acids is 1. The summed E-state index contributed by atoms with van der Waals surface area (Å²) >= 11 is 0. The van der Waals surface area contributed by atoms with Crippen molar-refractivity contribution in [2.75, 3.05) is 0 Å². The molecule has 0 radical (unpaired) electrons. The zero-order valence-electron chi connectivity index (χ0n) is 8.23. The topological polar surface area (TPSA) is 57.5 Å². The molecule has 13 heavy (non-hydrogen) atoms. The molecular weight excluding hydrogens is 168 g/mol. The summed E-state index contributed by atoms with van der Waals surface area (Å²) in [5, 5.41) is 18.3. The van der Waals surface area contributed by atoms with Crippen molar-refractivity contribution in [3.05, 3.63) is 0 Å². The van der Waals surface area contributed by atoms with E-state index in [1.54, 1.807) is 0 Å². The summed E-state index contributed by atoms with van der Waals surface area (Å²) in [6, 6.07) is 0. The number of hydrogen-bond acceptors (Lipinski definition) is 2. The van der Waals surface area contributed by atoms with E-state index in [0.717, 1.165) is 12.8 Å². The number of carboxylic acid groups (broad SMARTS) is 1. The van der Waals surface area contributed by atoms with E-state index in [1.165, 1.54) is 0 Å². The fraction of sp³-hybridized carbons (Fsp3) is 0.900. The molecule has 3 unspecified atom stereocenters. The summed E-state index contributed by atoms with van der Waals surface area (Å²) in [5.41, 5.74) is 0. The van der Waals surface area contributed by atoms with Gasteiger partial charge in [-0.3, -0.25) is 4.79 Å². The van der Waals surface area contributed by atoms with Crippen LogP contribution in [0.25, 0.3) is 0 Å². The molecule has 1 saturated carbocycles. The summed E-state index contributed by atoms with van der Waals surface area (Å²) in [6.45, 7) is 4.11. The highest BCUT2D eigenvalue weighted by Gasteiger charge is 2.35. The Labute approximate surface area is 78.8 Å². The average Bonchev–Trinajstić information content (AvgIpc) is 2.03. The molecule has 2 N–H and O–H groups in total. The first kappa shape index (κ1) is 10.5. The Kier molecular flexibility index (Phi) is 3.31. The van der Waals surface area contributed by atoms with Gasteiger partial charge >= 0.3 is 5.97 Å². The van der Waals surface area contributed by atoms with Gasteiger partial charge in [0, 0.05) is 0 Å². The highest BCUT2D eigenvalue weighted by molar-refractivity contribution is 5.70. The van der Waals surface area contributed by atoms with Gasteiger partial charge in [0.1, 0.15) is 0 Å². The van der Waals surface area contributed by atoms with E-state index in [0.29, 0.717) is 12.3 Å².